The summed E-state index contributed by atoms with van der Waals surface area (Å²) in [5.74, 6) is 0.827. The van der Waals surface area contributed by atoms with E-state index in [4.69, 9.17) is 0 Å². The molecule has 2 aromatic rings. The molecule has 74 valence electrons. The van der Waals surface area contributed by atoms with Crippen LogP contribution in [-0.2, 0) is 12.8 Å². The predicted molar refractivity (Wildman–Crippen MR) is 56.4 cm³/mol. The van der Waals surface area contributed by atoms with Crippen LogP contribution in [0.2, 0.25) is 0 Å². The third kappa shape index (κ3) is 1.39. The lowest BCUT2D eigenvalue weighted by Gasteiger charge is -1.99. The lowest BCUT2D eigenvalue weighted by molar-refractivity contribution is 0.860. The zero-order valence-electron chi connectivity index (χ0n) is 8.70. The van der Waals surface area contributed by atoms with E-state index in [1.165, 1.54) is 11.4 Å². The van der Waals surface area contributed by atoms with Crippen LogP contribution in [-0.4, -0.2) is 14.4 Å². The summed E-state index contributed by atoms with van der Waals surface area (Å²) in [5, 5.41) is 0. The van der Waals surface area contributed by atoms with Gasteiger partial charge in [-0.2, -0.15) is 0 Å². The third-order valence-corrected chi connectivity index (χ3v) is 2.41. The predicted octanol–water partition coefficient (Wildman–Crippen LogP) is 2.24. The molecule has 0 aliphatic carbocycles. The molecule has 14 heavy (non-hydrogen) atoms. The van der Waals surface area contributed by atoms with Crippen LogP contribution in [0.5, 0.6) is 0 Å². The Balaban J connectivity index is 2.60. The Morgan fingerprint density at radius 3 is 2.93 bits per heavy atom. The molecule has 0 saturated carbocycles. The highest BCUT2D eigenvalue weighted by molar-refractivity contribution is 5.35. The van der Waals surface area contributed by atoms with Crippen molar-refractivity contribution in [3.63, 3.8) is 0 Å². The van der Waals surface area contributed by atoms with Crippen molar-refractivity contribution < 1.29 is 0 Å². The lowest BCUT2D eigenvalue weighted by Crippen LogP contribution is -1.94. The van der Waals surface area contributed by atoms with E-state index >= 15 is 0 Å². The summed E-state index contributed by atoms with van der Waals surface area (Å²) < 4.78 is 2.09. The van der Waals surface area contributed by atoms with E-state index in [2.05, 4.69) is 28.2 Å². The summed E-state index contributed by atoms with van der Waals surface area (Å²) in [7, 11) is 0. The zero-order chi connectivity index (χ0) is 9.97. The van der Waals surface area contributed by atoms with E-state index in [1.54, 1.807) is 6.20 Å². The number of nitrogens with zero attached hydrogens (tertiary/aromatic N) is 3. The Kier molecular flexibility index (Phi) is 2.48. The highest BCUT2D eigenvalue weighted by Crippen LogP contribution is 2.13. The van der Waals surface area contributed by atoms with Gasteiger partial charge in [-0.3, -0.25) is 4.40 Å². The van der Waals surface area contributed by atoms with Crippen LogP contribution in [0.1, 0.15) is 31.7 Å². The van der Waals surface area contributed by atoms with Gasteiger partial charge in [0.05, 0.1) is 5.69 Å². The van der Waals surface area contributed by atoms with E-state index in [0.717, 1.165) is 25.0 Å². The fourth-order valence-electron chi connectivity index (χ4n) is 1.79. The van der Waals surface area contributed by atoms with E-state index in [-0.39, 0.29) is 0 Å². The van der Waals surface area contributed by atoms with Gasteiger partial charge < -0.3 is 0 Å². The van der Waals surface area contributed by atoms with Crippen LogP contribution in [0.25, 0.3) is 5.78 Å². The van der Waals surface area contributed by atoms with E-state index in [9.17, 15) is 0 Å². The number of imidazole rings is 1. The molecule has 0 spiro atoms. The molecule has 0 fully saturated rings. The van der Waals surface area contributed by atoms with E-state index < -0.39 is 0 Å². The highest BCUT2D eigenvalue weighted by atomic mass is 15.1. The quantitative estimate of drug-likeness (QED) is 0.741. The summed E-state index contributed by atoms with van der Waals surface area (Å²) in [6, 6.07) is 1.95. The minimum Gasteiger partial charge on any atom is -0.288 e. The van der Waals surface area contributed by atoms with E-state index in [1.807, 2.05) is 12.3 Å². The topological polar surface area (TPSA) is 30.2 Å². The van der Waals surface area contributed by atoms with Crippen molar-refractivity contribution in [2.24, 2.45) is 0 Å². The van der Waals surface area contributed by atoms with Gasteiger partial charge in [0.25, 0.3) is 0 Å². The summed E-state index contributed by atoms with van der Waals surface area (Å²) in [6.45, 7) is 4.34. The highest BCUT2D eigenvalue weighted by Gasteiger charge is 2.09. The molecule has 3 nitrogen and oxygen atoms in total. The zero-order valence-corrected chi connectivity index (χ0v) is 8.70. The molecule has 0 aliphatic heterocycles. The number of rotatable bonds is 3. The second-order valence-electron chi connectivity index (χ2n) is 3.40. The summed E-state index contributed by atoms with van der Waals surface area (Å²) >= 11 is 0. The number of hydrogen-bond acceptors (Lipinski definition) is 2. The Labute approximate surface area is 83.8 Å². The Hall–Kier alpha value is -1.38. The van der Waals surface area contributed by atoms with Crippen LogP contribution < -0.4 is 0 Å². The molecule has 2 aromatic heterocycles. The van der Waals surface area contributed by atoms with E-state index in [0.29, 0.717) is 0 Å². The monoisotopic (exact) mass is 189 g/mol. The van der Waals surface area contributed by atoms with Crippen LogP contribution in [0.4, 0.5) is 0 Å². The molecule has 0 unspecified atom stereocenters. The molecule has 3 heteroatoms. The van der Waals surface area contributed by atoms with Gasteiger partial charge in [0.15, 0.2) is 0 Å². The fourth-order valence-corrected chi connectivity index (χ4v) is 1.79. The van der Waals surface area contributed by atoms with Crippen molar-refractivity contribution in [2.45, 2.75) is 33.1 Å². The Morgan fingerprint density at radius 1 is 1.36 bits per heavy atom. The standard InChI is InChI=1S/C11H15N3/c1-3-6-9-10(4-2)14-8-5-7-12-11(14)13-9/h5,7-8H,3-4,6H2,1-2H3. The molecule has 0 aromatic carbocycles. The number of aromatic nitrogens is 3. The van der Waals surface area contributed by atoms with Gasteiger partial charge in [-0.05, 0) is 18.9 Å². The molecule has 0 aliphatic rings. The van der Waals surface area contributed by atoms with Gasteiger partial charge in [0.2, 0.25) is 5.78 Å². The fraction of sp³-hybridized carbons (Fsp3) is 0.455. The van der Waals surface area contributed by atoms with Crippen molar-refractivity contribution >= 4 is 5.78 Å². The first kappa shape index (κ1) is 9.19. The SMILES string of the molecule is CCCc1nc2ncccn2c1CC. The molecule has 0 N–H and O–H groups in total. The largest absolute Gasteiger partial charge is 0.288 e. The van der Waals surface area contributed by atoms with Crippen LogP contribution in [0, 0.1) is 0 Å². The minimum atomic E-state index is 0.827. The number of hydrogen-bond donors (Lipinski definition) is 0. The molecule has 0 atom stereocenters. The van der Waals surface area contributed by atoms with Crippen molar-refractivity contribution in [2.75, 3.05) is 0 Å². The van der Waals surface area contributed by atoms with Gasteiger partial charge in [-0.25, -0.2) is 9.97 Å². The van der Waals surface area contributed by atoms with Gasteiger partial charge in [0.1, 0.15) is 0 Å². The van der Waals surface area contributed by atoms with Gasteiger partial charge in [0, 0.05) is 18.1 Å². The minimum absolute atomic E-state index is 0.827. The van der Waals surface area contributed by atoms with Crippen LogP contribution in [0.15, 0.2) is 18.5 Å². The smallest absolute Gasteiger partial charge is 0.234 e. The summed E-state index contributed by atoms with van der Waals surface area (Å²) in [4.78, 5) is 8.77. The average molecular weight is 189 g/mol. The maximum absolute atomic E-state index is 4.53. The van der Waals surface area contributed by atoms with Crippen LogP contribution >= 0.6 is 0 Å². The molecule has 0 amide bonds. The summed E-state index contributed by atoms with van der Waals surface area (Å²) in [5.41, 5.74) is 2.50. The number of fused-ring (bicyclic) bond motifs is 1. The van der Waals surface area contributed by atoms with Crippen molar-refractivity contribution in [3.8, 4) is 0 Å². The molecule has 0 bridgehead atoms. The van der Waals surface area contributed by atoms with Gasteiger partial charge in [-0.1, -0.05) is 20.3 Å². The molecule has 0 radical (unpaired) electrons. The second-order valence-corrected chi connectivity index (χ2v) is 3.40. The average Bonchev–Trinajstić information content (AvgIpc) is 2.55. The molecular weight excluding hydrogens is 174 g/mol. The van der Waals surface area contributed by atoms with Crippen molar-refractivity contribution in [1.29, 1.82) is 0 Å². The molecular formula is C11H15N3. The van der Waals surface area contributed by atoms with Gasteiger partial charge in [-0.15, -0.1) is 0 Å². The second kappa shape index (κ2) is 3.78. The number of aryl methyl sites for hydroxylation is 2. The lowest BCUT2D eigenvalue weighted by atomic mass is 10.2. The molecule has 2 heterocycles. The maximum atomic E-state index is 4.53. The molecule has 2 rings (SSSR count). The van der Waals surface area contributed by atoms with Crippen molar-refractivity contribution in [3.05, 3.63) is 29.8 Å². The first-order valence-electron chi connectivity index (χ1n) is 5.17. The van der Waals surface area contributed by atoms with Crippen molar-refractivity contribution in [1.82, 2.24) is 14.4 Å². The summed E-state index contributed by atoms with van der Waals surface area (Å²) in [6.07, 6.45) is 7.02. The first-order chi connectivity index (χ1) is 6.86. The normalized spacial score (nSPS) is 11.0. The Morgan fingerprint density at radius 2 is 2.21 bits per heavy atom. The third-order valence-electron chi connectivity index (χ3n) is 2.41. The Bertz CT molecular complexity index is 431. The van der Waals surface area contributed by atoms with Gasteiger partial charge >= 0.3 is 0 Å². The maximum Gasteiger partial charge on any atom is 0.234 e. The van der Waals surface area contributed by atoms with Crippen LogP contribution in [0.3, 0.4) is 0 Å². The molecule has 0 saturated heterocycles. The first-order valence-corrected chi connectivity index (χ1v) is 5.17.